The van der Waals surface area contributed by atoms with Crippen molar-refractivity contribution >= 4 is 21.9 Å². The quantitative estimate of drug-likeness (QED) is 0.914. The largest absolute Gasteiger partial charge is 0.485 e. The number of hydrogen-bond acceptors (Lipinski definition) is 2. The molecular formula is C15H13BrO3. The van der Waals surface area contributed by atoms with E-state index in [2.05, 4.69) is 15.9 Å². The summed E-state index contributed by atoms with van der Waals surface area (Å²) in [4.78, 5) is 10.8. The van der Waals surface area contributed by atoms with E-state index in [1.165, 1.54) is 12.1 Å². The van der Waals surface area contributed by atoms with E-state index < -0.39 is 5.97 Å². The molecule has 1 N–H and O–H groups in total. The Morgan fingerprint density at radius 2 is 1.89 bits per heavy atom. The summed E-state index contributed by atoms with van der Waals surface area (Å²) in [6.45, 7) is 1.95. The van der Waals surface area contributed by atoms with Gasteiger partial charge in [-0.15, -0.1) is 0 Å². The molecule has 2 rings (SSSR count). The molecule has 0 saturated heterocycles. The van der Waals surface area contributed by atoms with Crippen molar-refractivity contribution in [3.63, 3.8) is 0 Å². The van der Waals surface area contributed by atoms with Crippen molar-refractivity contribution in [3.05, 3.63) is 64.1 Å². The molecule has 0 heterocycles. The van der Waals surface area contributed by atoms with Crippen LogP contribution in [0.4, 0.5) is 0 Å². The van der Waals surface area contributed by atoms with Gasteiger partial charge in [-0.3, -0.25) is 0 Å². The van der Waals surface area contributed by atoms with E-state index in [4.69, 9.17) is 9.84 Å². The summed E-state index contributed by atoms with van der Waals surface area (Å²) in [6.07, 6.45) is -0.104. The van der Waals surface area contributed by atoms with Crippen LogP contribution in [0.2, 0.25) is 0 Å². The fraction of sp³-hybridized carbons (Fsp3) is 0.133. The molecule has 0 aliphatic heterocycles. The van der Waals surface area contributed by atoms with Gasteiger partial charge < -0.3 is 9.84 Å². The molecule has 4 heteroatoms. The molecule has 0 spiro atoms. The summed E-state index contributed by atoms with van der Waals surface area (Å²) in [7, 11) is 0. The van der Waals surface area contributed by atoms with E-state index >= 15 is 0 Å². The second-order valence-electron chi connectivity index (χ2n) is 4.12. The average molecular weight is 321 g/mol. The molecule has 0 fully saturated rings. The van der Waals surface area contributed by atoms with Crippen molar-refractivity contribution in [3.8, 4) is 5.75 Å². The Morgan fingerprint density at radius 3 is 2.47 bits per heavy atom. The van der Waals surface area contributed by atoms with Gasteiger partial charge in [0.1, 0.15) is 11.9 Å². The lowest BCUT2D eigenvalue weighted by molar-refractivity contribution is 0.0696. The number of halogens is 1. The molecule has 0 radical (unpaired) electrons. The summed E-state index contributed by atoms with van der Waals surface area (Å²) in [5.41, 5.74) is 1.29. The SMILES string of the molecule is CC(Oc1ccc(C(=O)O)cc1Br)c1ccccc1. The smallest absolute Gasteiger partial charge is 0.335 e. The normalized spacial score (nSPS) is 11.9. The fourth-order valence-corrected chi connectivity index (χ4v) is 2.18. The van der Waals surface area contributed by atoms with E-state index in [1.54, 1.807) is 6.07 Å². The lowest BCUT2D eigenvalue weighted by Gasteiger charge is -2.16. The summed E-state index contributed by atoms with van der Waals surface area (Å²) in [6, 6.07) is 14.6. The van der Waals surface area contributed by atoms with Crippen LogP contribution in [0.3, 0.4) is 0 Å². The number of carboxylic acid groups (broad SMARTS) is 1. The highest BCUT2D eigenvalue weighted by molar-refractivity contribution is 9.10. The maximum absolute atomic E-state index is 10.8. The first-order valence-corrected chi connectivity index (χ1v) is 6.61. The number of hydrogen-bond donors (Lipinski definition) is 1. The summed E-state index contributed by atoms with van der Waals surface area (Å²) in [5.74, 6) is -0.329. The highest BCUT2D eigenvalue weighted by atomic mass is 79.9. The standard InChI is InChI=1S/C15H13BrO3/c1-10(11-5-3-2-4-6-11)19-14-8-7-12(15(17)18)9-13(14)16/h2-10H,1H3,(H,17,18). The van der Waals surface area contributed by atoms with E-state index in [-0.39, 0.29) is 11.7 Å². The Hall–Kier alpha value is -1.81. The third-order valence-electron chi connectivity index (χ3n) is 2.75. The van der Waals surface area contributed by atoms with Crippen molar-refractivity contribution in [2.75, 3.05) is 0 Å². The molecule has 0 bridgehead atoms. The average Bonchev–Trinajstić information content (AvgIpc) is 2.41. The van der Waals surface area contributed by atoms with Crippen LogP contribution < -0.4 is 4.74 Å². The molecule has 1 atom stereocenters. The number of carbonyl (C=O) groups is 1. The minimum atomic E-state index is -0.955. The molecule has 0 aliphatic rings. The van der Waals surface area contributed by atoms with Gasteiger partial charge in [0.15, 0.2) is 0 Å². The minimum Gasteiger partial charge on any atom is -0.485 e. The first kappa shape index (κ1) is 13.6. The number of ether oxygens (including phenoxy) is 1. The lowest BCUT2D eigenvalue weighted by Crippen LogP contribution is -2.04. The van der Waals surface area contributed by atoms with Crippen LogP contribution in [0.25, 0.3) is 0 Å². The van der Waals surface area contributed by atoms with Crippen molar-refractivity contribution in [2.45, 2.75) is 13.0 Å². The first-order valence-electron chi connectivity index (χ1n) is 5.82. The van der Waals surface area contributed by atoms with Gasteiger partial charge in [-0.05, 0) is 46.6 Å². The van der Waals surface area contributed by atoms with Gasteiger partial charge in [-0.2, -0.15) is 0 Å². The molecule has 0 amide bonds. The van der Waals surface area contributed by atoms with Crippen LogP contribution >= 0.6 is 15.9 Å². The lowest BCUT2D eigenvalue weighted by atomic mass is 10.1. The van der Waals surface area contributed by atoms with Crippen LogP contribution in [-0.2, 0) is 0 Å². The van der Waals surface area contributed by atoms with Crippen molar-refractivity contribution in [1.29, 1.82) is 0 Å². The molecule has 0 aromatic heterocycles. The second-order valence-corrected chi connectivity index (χ2v) is 4.98. The fourth-order valence-electron chi connectivity index (χ4n) is 1.71. The zero-order valence-corrected chi connectivity index (χ0v) is 11.9. The van der Waals surface area contributed by atoms with Crippen molar-refractivity contribution < 1.29 is 14.6 Å². The minimum absolute atomic E-state index is 0.104. The number of aromatic carboxylic acids is 1. The van der Waals surface area contributed by atoms with Crippen molar-refractivity contribution in [1.82, 2.24) is 0 Å². The van der Waals surface area contributed by atoms with E-state index in [1.807, 2.05) is 37.3 Å². The Morgan fingerprint density at radius 1 is 1.21 bits per heavy atom. The molecule has 1 unspecified atom stereocenters. The zero-order chi connectivity index (χ0) is 13.8. The highest BCUT2D eigenvalue weighted by Gasteiger charge is 2.11. The van der Waals surface area contributed by atoms with Gasteiger partial charge in [0.2, 0.25) is 0 Å². The monoisotopic (exact) mass is 320 g/mol. The summed E-state index contributed by atoms with van der Waals surface area (Å²) in [5, 5.41) is 8.90. The van der Waals surface area contributed by atoms with Gasteiger partial charge in [0.25, 0.3) is 0 Å². The van der Waals surface area contributed by atoms with Crippen LogP contribution in [-0.4, -0.2) is 11.1 Å². The topological polar surface area (TPSA) is 46.5 Å². The highest BCUT2D eigenvalue weighted by Crippen LogP contribution is 2.30. The predicted molar refractivity (Wildman–Crippen MR) is 76.6 cm³/mol. The Bertz CT molecular complexity index is 581. The molecule has 0 aliphatic carbocycles. The molecule has 2 aromatic carbocycles. The van der Waals surface area contributed by atoms with E-state index in [0.29, 0.717) is 10.2 Å². The van der Waals surface area contributed by atoms with E-state index in [0.717, 1.165) is 5.56 Å². The molecule has 2 aromatic rings. The second kappa shape index (κ2) is 5.89. The molecule has 0 saturated carbocycles. The maximum atomic E-state index is 10.8. The van der Waals surface area contributed by atoms with Gasteiger partial charge >= 0.3 is 5.97 Å². The predicted octanol–water partition coefficient (Wildman–Crippen LogP) is 4.29. The number of rotatable bonds is 4. The third-order valence-corrected chi connectivity index (χ3v) is 3.37. The molecule has 98 valence electrons. The molecule has 19 heavy (non-hydrogen) atoms. The Kier molecular flexibility index (Phi) is 4.22. The summed E-state index contributed by atoms with van der Waals surface area (Å²) >= 11 is 3.33. The first-order chi connectivity index (χ1) is 9.08. The third kappa shape index (κ3) is 3.35. The van der Waals surface area contributed by atoms with Crippen LogP contribution in [0, 0.1) is 0 Å². The Labute approximate surface area is 120 Å². The van der Waals surface area contributed by atoms with Gasteiger partial charge in [-0.1, -0.05) is 30.3 Å². The Balaban J connectivity index is 2.18. The van der Waals surface area contributed by atoms with Crippen LogP contribution in [0.5, 0.6) is 5.75 Å². The number of carboxylic acids is 1. The van der Waals surface area contributed by atoms with Crippen LogP contribution in [0.1, 0.15) is 28.9 Å². The zero-order valence-electron chi connectivity index (χ0n) is 10.3. The molecule has 3 nitrogen and oxygen atoms in total. The number of benzene rings is 2. The van der Waals surface area contributed by atoms with Crippen LogP contribution in [0.15, 0.2) is 53.0 Å². The molecular weight excluding hydrogens is 308 g/mol. The van der Waals surface area contributed by atoms with Gasteiger partial charge in [0.05, 0.1) is 10.0 Å². The maximum Gasteiger partial charge on any atom is 0.335 e. The van der Waals surface area contributed by atoms with Gasteiger partial charge in [-0.25, -0.2) is 4.79 Å². The summed E-state index contributed by atoms with van der Waals surface area (Å²) < 4.78 is 6.46. The van der Waals surface area contributed by atoms with Crippen molar-refractivity contribution in [2.24, 2.45) is 0 Å². The van der Waals surface area contributed by atoms with Gasteiger partial charge in [0, 0.05) is 0 Å². The van der Waals surface area contributed by atoms with E-state index in [9.17, 15) is 4.79 Å².